The number of benzene rings is 1. The summed E-state index contributed by atoms with van der Waals surface area (Å²) in [5, 5.41) is 5.84. The Morgan fingerprint density at radius 1 is 1.30 bits per heavy atom. The van der Waals surface area contributed by atoms with Gasteiger partial charge in [-0.3, -0.25) is 9.59 Å². The molecule has 30 heavy (non-hydrogen) atoms. The first kappa shape index (κ1) is 22.1. The maximum Gasteiger partial charge on any atom is 0.261 e. The summed E-state index contributed by atoms with van der Waals surface area (Å²) in [6.07, 6.45) is 6.51. The highest BCUT2D eigenvalue weighted by atomic mass is 32.1. The van der Waals surface area contributed by atoms with Crippen LogP contribution in [0.2, 0.25) is 0 Å². The van der Waals surface area contributed by atoms with Crippen LogP contribution >= 0.6 is 11.3 Å². The minimum absolute atomic E-state index is 0.0724. The van der Waals surface area contributed by atoms with Gasteiger partial charge in [-0.05, 0) is 55.8 Å². The zero-order chi connectivity index (χ0) is 21.9. The van der Waals surface area contributed by atoms with Gasteiger partial charge in [-0.1, -0.05) is 25.8 Å². The third-order valence-electron chi connectivity index (χ3n) is 5.39. The highest BCUT2D eigenvalue weighted by Gasteiger charge is 2.28. The zero-order valence-electron chi connectivity index (χ0n) is 18.0. The van der Waals surface area contributed by atoms with Gasteiger partial charge in [0.15, 0.2) is 0 Å². The van der Waals surface area contributed by atoms with Crippen LogP contribution in [0, 0.1) is 12.3 Å². The number of anilines is 1. The Bertz CT molecular complexity index is 987. The number of nitrogens with zero attached hydrogens (tertiary/aromatic N) is 1. The van der Waals surface area contributed by atoms with Gasteiger partial charge in [-0.25, -0.2) is 0 Å². The summed E-state index contributed by atoms with van der Waals surface area (Å²) in [7, 11) is 2.15. The Hall–Kier alpha value is -2.62. The molecular formula is C24H29N3O2S. The lowest BCUT2D eigenvalue weighted by atomic mass is 9.81. The Labute approximate surface area is 182 Å². The maximum atomic E-state index is 12.5. The number of carbonyl (C=O) groups excluding carboxylic acids is 2. The fourth-order valence-corrected chi connectivity index (χ4v) is 4.78. The summed E-state index contributed by atoms with van der Waals surface area (Å²) in [6, 6.07) is 9.35. The van der Waals surface area contributed by atoms with Crippen molar-refractivity contribution in [2.24, 2.45) is 0 Å². The van der Waals surface area contributed by atoms with Crippen molar-refractivity contribution in [1.29, 1.82) is 0 Å². The van der Waals surface area contributed by atoms with Crippen LogP contribution in [-0.2, 0) is 16.6 Å². The van der Waals surface area contributed by atoms with E-state index in [1.807, 2.05) is 13.0 Å². The standard InChI is InChI=1S/C24H29N3O2S/c1-6-19-8-10-21(30-19)23(29)25-16(2)13-22(28)26-18-7-9-20-17(14-18)11-12-27(5)15-24(20,3)4/h1,7-10,14,16H,11-13,15H2,2-5H3,(H,25,29)(H,26,28). The number of nitrogens with one attached hydrogen (secondary N) is 2. The number of carbonyl (C=O) groups is 2. The third kappa shape index (κ3) is 5.29. The maximum absolute atomic E-state index is 12.5. The van der Waals surface area contributed by atoms with Gasteiger partial charge in [0.2, 0.25) is 5.91 Å². The normalized spacial score (nSPS) is 16.6. The number of hydrogen-bond acceptors (Lipinski definition) is 4. The summed E-state index contributed by atoms with van der Waals surface area (Å²) in [5.41, 5.74) is 3.50. The van der Waals surface area contributed by atoms with Gasteiger partial charge in [-0.15, -0.1) is 17.8 Å². The van der Waals surface area contributed by atoms with Crippen LogP contribution in [0.1, 0.15) is 52.9 Å². The number of thiophene rings is 1. The molecule has 2 amide bonds. The number of terminal acetylenes is 1. The molecule has 1 unspecified atom stereocenters. The fourth-order valence-electron chi connectivity index (χ4n) is 4.06. The van der Waals surface area contributed by atoms with Crippen LogP contribution < -0.4 is 10.6 Å². The number of rotatable bonds is 5. The van der Waals surface area contributed by atoms with Crippen molar-refractivity contribution < 1.29 is 9.59 Å². The first-order chi connectivity index (χ1) is 14.2. The molecule has 6 heteroatoms. The van der Waals surface area contributed by atoms with E-state index < -0.39 is 0 Å². The van der Waals surface area contributed by atoms with E-state index in [4.69, 9.17) is 6.42 Å². The number of hydrogen-bond donors (Lipinski definition) is 2. The molecule has 158 valence electrons. The highest BCUT2D eigenvalue weighted by Crippen LogP contribution is 2.32. The predicted octanol–water partition coefficient (Wildman–Crippen LogP) is 3.64. The summed E-state index contributed by atoms with van der Waals surface area (Å²) >= 11 is 1.27. The van der Waals surface area contributed by atoms with Crippen LogP contribution in [0.5, 0.6) is 0 Å². The molecular weight excluding hydrogens is 394 g/mol. The molecule has 0 radical (unpaired) electrons. The summed E-state index contributed by atoms with van der Waals surface area (Å²) < 4.78 is 0. The van der Waals surface area contributed by atoms with Gasteiger partial charge in [0.25, 0.3) is 5.91 Å². The Kier molecular flexibility index (Phi) is 6.64. The van der Waals surface area contributed by atoms with Crippen molar-refractivity contribution in [3.8, 4) is 12.3 Å². The van der Waals surface area contributed by atoms with Gasteiger partial charge in [0, 0.05) is 36.7 Å². The Morgan fingerprint density at radius 3 is 2.77 bits per heavy atom. The molecule has 5 nitrogen and oxygen atoms in total. The third-order valence-corrected chi connectivity index (χ3v) is 6.40. The molecule has 0 saturated carbocycles. The van der Waals surface area contributed by atoms with Crippen molar-refractivity contribution >= 4 is 28.8 Å². The van der Waals surface area contributed by atoms with E-state index in [9.17, 15) is 9.59 Å². The average molecular weight is 424 g/mol. The van der Waals surface area contributed by atoms with Gasteiger partial charge >= 0.3 is 0 Å². The minimum Gasteiger partial charge on any atom is -0.348 e. The van der Waals surface area contributed by atoms with Crippen molar-refractivity contribution in [1.82, 2.24) is 10.2 Å². The summed E-state index contributed by atoms with van der Waals surface area (Å²) in [5.74, 6) is 2.19. The van der Waals surface area contributed by atoms with Crippen molar-refractivity contribution in [3.05, 3.63) is 51.2 Å². The van der Waals surface area contributed by atoms with Gasteiger partial charge < -0.3 is 15.5 Å². The van der Waals surface area contributed by atoms with E-state index >= 15 is 0 Å². The highest BCUT2D eigenvalue weighted by molar-refractivity contribution is 7.14. The molecule has 1 atom stereocenters. The second kappa shape index (κ2) is 9.03. The van der Waals surface area contributed by atoms with Gasteiger partial charge in [0.1, 0.15) is 0 Å². The molecule has 1 aromatic carbocycles. The zero-order valence-corrected chi connectivity index (χ0v) is 18.9. The van der Waals surface area contributed by atoms with Crippen LogP contribution in [0.4, 0.5) is 5.69 Å². The monoisotopic (exact) mass is 423 g/mol. The smallest absolute Gasteiger partial charge is 0.261 e. The van der Waals surface area contributed by atoms with Gasteiger partial charge in [-0.2, -0.15) is 0 Å². The van der Waals surface area contributed by atoms with E-state index in [2.05, 4.69) is 54.5 Å². The molecule has 0 bridgehead atoms. The lowest BCUT2D eigenvalue weighted by molar-refractivity contribution is -0.116. The number of likely N-dealkylation sites (N-methyl/N-ethyl adjacent to an activating group) is 1. The molecule has 0 spiro atoms. The van der Waals surface area contributed by atoms with Crippen molar-refractivity contribution in [2.45, 2.75) is 45.1 Å². The minimum atomic E-state index is -0.290. The Morgan fingerprint density at radius 2 is 2.07 bits per heavy atom. The van der Waals surface area contributed by atoms with E-state index in [1.54, 1.807) is 12.1 Å². The molecule has 1 aromatic heterocycles. The predicted molar refractivity (Wildman–Crippen MR) is 123 cm³/mol. The average Bonchev–Trinajstić information content (AvgIpc) is 3.11. The number of amides is 2. The SMILES string of the molecule is C#Cc1ccc(C(=O)NC(C)CC(=O)Nc2ccc3c(c2)CCN(C)CC3(C)C)s1. The fraction of sp³-hybridized carbons (Fsp3) is 0.417. The molecule has 2 N–H and O–H groups in total. The van der Waals surface area contributed by atoms with Crippen LogP contribution in [0.15, 0.2) is 30.3 Å². The molecule has 0 saturated heterocycles. The largest absolute Gasteiger partial charge is 0.348 e. The molecule has 0 aliphatic carbocycles. The molecule has 3 rings (SSSR count). The van der Waals surface area contributed by atoms with E-state index in [0.29, 0.717) is 9.75 Å². The quantitative estimate of drug-likeness (QED) is 0.722. The van der Waals surface area contributed by atoms with Gasteiger partial charge in [0.05, 0.1) is 9.75 Å². The molecule has 2 aromatic rings. The van der Waals surface area contributed by atoms with E-state index in [-0.39, 0.29) is 29.7 Å². The summed E-state index contributed by atoms with van der Waals surface area (Å²) in [6.45, 7) is 8.35. The molecule has 0 fully saturated rings. The molecule has 1 aliphatic heterocycles. The summed E-state index contributed by atoms with van der Waals surface area (Å²) in [4.78, 5) is 28.4. The first-order valence-electron chi connectivity index (χ1n) is 10.2. The van der Waals surface area contributed by atoms with Crippen LogP contribution in [0.3, 0.4) is 0 Å². The topological polar surface area (TPSA) is 61.4 Å². The Balaban J connectivity index is 1.59. The first-order valence-corrected chi connectivity index (χ1v) is 11.0. The second-order valence-electron chi connectivity index (χ2n) is 8.68. The number of fused-ring (bicyclic) bond motifs is 1. The lowest BCUT2D eigenvalue weighted by Crippen LogP contribution is -2.35. The van der Waals surface area contributed by atoms with E-state index in [1.165, 1.54) is 22.5 Å². The molecule has 2 heterocycles. The van der Waals surface area contributed by atoms with Crippen LogP contribution in [-0.4, -0.2) is 42.9 Å². The molecule has 1 aliphatic rings. The van der Waals surface area contributed by atoms with Crippen LogP contribution in [0.25, 0.3) is 0 Å². The van der Waals surface area contributed by atoms with Crippen molar-refractivity contribution in [3.63, 3.8) is 0 Å². The van der Waals surface area contributed by atoms with E-state index in [0.717, 1.165) is 25.2 Å². The van der Waals surface area contributed by atoms with Crippen molar-refractivity contribution in [2.75, 3.05) is 25.5 Å². The second-order valence-corrected chi connectivity index (χ2v) is 9.76. The lowest BCUT2D eigenvalue weighted by Gasteiger charge is -2.28.